The molecule has 0 saturated carbocycles. The zero-order chi connectivity index (χ0) is 20.5. The van der Waals surface area contributed by atoms with Crippen molar-refractivity contribution >= 4 is 11.8 Å². The Hall–Kier alpha value is -3.67. The number of methoxy groups -OCH3 is 1. The molecule has 6 nitrogen and oxygen atoms in total. The average Bonchev–Trinajstić information content (AvgIpc) is 2.78. The predicted octanol–water partition coefficient (Wildman–Crippen LogP) is 2.99. The zero-order valence-corrected chi connectivity index (χ0v) is 16.2. The zero-order valence-electron chi connectivity index (χ0n) is 16.2. The first-order valence-corrected chi connectivity index (χ1v) is 9.35. The molecule has 2 aromatic carbocycles. The molecule has 3 rings (SSSR count). The van der Waals surface area contributed by atoms with Crippen LogP contribution >= 0.6 is 0 Å². The number of ether oxygens (including phenoxy) is 1. The number of benzene rings is 2. The Morgan fingerprint density at radius 3 is 2.48 bits per heavy atom. The molecular formula is C23H23N3O3. The second kappa shape index (κ2) is 10.0. The van der Waals surface area contributed by atoms with Gasteiger partial charge in [0, 0.05) is 30.4 Å². The van der Waals surface area contributed by atoms with Gasteiger partial charge in [0.1, 0.15) is 11.4 Å². The average molecular weight is 389 g/mol. The molecule has 29 heavy (non-hydrogen) atoms. The van der Waals surface area contributed by atoms with Crippen LogP contribution in [-0.4, -0.2) is 30.5 Å². The number of carbonyl (C=O) groups is 2. The van der Waals surface area contributed by atoms with Crippen molar-refractivity contribution in [1.29, 1.82) is 0 Å². The third-order valence-corrected chi connectivity index (χ3v) is 4.43. The van der Waals surface area contributed by atoms with Gasteiger partial charge in [-0.1, -0.05) is 48.5 Å². The lowest BCUT2D eigenvalue weighted by Gasteiger charge is -2.10. The molecule has 2 N–H and O–H groups in total. The number of carbonyl (C=O) groups excluding carboxylic acids is 2. The van der Waals surface area contributed by atoms with Gasteiger partial charge in [0.2, 0.25) is 0 Å². The van der Waals surface area contributed by atoms with E-state index in [4.69, 9.17) is 4.74 Å². The molecule has 148 valence electrons. The number of amides is 2. The van der Waals surface area contributed by atoms with E-state index in [9.17, 15) is 9.59 Å². The number of pyridine rings is 1. The Labute approximate surface area is 169 Å². The van der Waals surface area contributed by atoms with Gasteiger partial charge in [0.25, 0.3) is 11.8 Å². The van der Waals surface area contributed by atoms with Crippen LogP contribution in [-0.2, 0) is 13.0 Å². The number of para-hydroxylation sites is 1. The van der Waals surface area contributed by atoms with Crippen molar-refractivity contribution in [2.24, 2.45) is 0 Å². The molecule has 0 aliphatic carbocycles. The fourth-order valence-corrected chi connectivity index (χ4v) is 2.88. The largest absolute Gasteiger partial charge is 0.496 e. The van der Waals surface area contributed by atoms with Gasteiger partial charge in [-0.2, -0.15) is 0 Å². The van der Waals surface area contributed by atoms with Crippen LogP contribution < -0.4 is 15.4 Å². The van der Waals surface area contributed by atoms with E-state index >= 15 is 0 Å². The maximum absolute atomic E-state index is 12.4. The monoisotopic (exact) mass is 389 g/mol. The van der Waals surface area contributed by atoms with E-state index in [-0.39, 0.29) is 17.5 Å². The highest BCUT2D eigenvalue weighted by Gasteiger charge is 2.12. The fourth-order valence-electron chi connectivity index (χ4n) is 2.88. The van der Waals surface area contributed by atoms with Gasteiger partial charge >= 0.3 is 0 Å². The summed E-state index contributed by atoms with van der Waals surface area (Å²) < 4.78 is 5.28. The van der Waals surface area contributed by atoms with E-state index in [2.05, 4.69) is 15.6 Å². The second-order valence-corrected chi connectivity index (χ2v) is 6.42. The Morgan fingerprint density at radius 2 is 1.69 bits per heavy atom. The third kappa shape index (κ3) is 5.65. The highest BCUT2D eigenvalue weighted by molar-refractivity contribution is 5.98. The summed E-state index contributed by atoms with van der Waals surface area (Å²) in [6, 6.07) is 20.5. The molecular weight excluding hydrogens is 366 g/mol. The molecule has 0 spiro atoms. The van der Waals surface area contributed by atoms with E-state index < -0.39 is 0 Å². The predicted molar refractivity (Wildman–Crippen MR) is 111 cm³/mol. The second-order valence-electron chi connectivity index (χ2n) is 6.42. The molecule has 0 aliphatic rings. The van der Waals surface area contributed by atoms with Crippen LogP contribution in [0.3, 0.4) is 0 Å². The van der Waals surface area contributed by atoms with Gasteiger partial charge in [-0.25, -0.2) is 0 Å². The number of hydrogen-bond acceptors (Lipinski definition) is 4. The number of aromatic nitrogens is 1. The maximum atomic E-state index is 12.4. The lowest BCUT2D eigenvalue weighted by Crippen LogP contribution is -2.27. The number of rotatable bonds is 8. The van der Waals surface area contributed by atoms with E-state index in [1.807, 2.05) is 54.6 Å². The van der Waals surface area contributed by atoms with Crippen molar-refractivity contribution in [2.45, 2.75) is 13.0 Å². The molecule has 0 radical (unpaired) electrons. The van der Waals surface area contributed by atoms with Gasteiger partial charge in [-0.3, -0.25) is 14.6 Å². The van der Waals surface area contributed by atoms with Gasteiger partial charge in [0.05, 0.1) is 7.11 Å². The molecule has 0 saturated heterocycles. The SMILES string of the molecule is COc1ccccc1CNC(=O)c1cc(C(=O)NCCc2ccccc2)ccn1. The van der Waals surface area contributed by atoms with Crippen LogP contribution in [0.15, 0.2) is 72.9 Å². The Morgan fingerprint density at radius 1 is 0.931 bits per heavy atom. The van der Waals surface area contributed by atoms with Crippen LogP contribution in [0.1, 0.15) is 32.0 Å². The van der Waals surface area contributed by atoms with Crippen molar-refractivity contribution in [1.82, 2.24) is 15.6 Å². The van der Waals surface area contributed by atoms with Gasteiger partial charge in [0.15, 0.2) is 0 Å². The molecule has 6 heteroatoms. The molecule has 3 aromatic rings. The number of nitrogens with one attached hydrogen (secondary N) is 2. The van der Waals surface area contributed by atoms with Crippen LogP contribution in [0.25, 0.3) is 0 Å². The molecule has 0 unspecified atom stereocenters. The van der Waals surface area contributed by atoms with Crippen molar-refractivity contribution in [3.8, 4) is 5.75 Å². The van der Waals surface area contributed by atoms with Gasteiger partial charge in [-0.15, -0.1) is 0 Å². The van der Waals surface area contributed by atoms with Crippen LogP contribution in [0, 0.1) is 0 Å². The molecule has 2 amide bonds. The first-order chi connectivity index (χ1) is 14.2. The summed E-state index contributed by atoms with van der Waals surface area (Å²) in [6.45, 7) is 0.818. The normalized spacial score (nSPS) is 10.2. The molecule has 0 atom stereocenters. The van der Waals surface area contributed by atoms with E-state index in [0.717, 1.165) is 17.5 Å². The van der Waals surface area contributed by atoms with Crippen molar-refractivity contribution < 1.29 is 14.3 Å². The van der Waals surface area contributed by atoms with Crippen LogP contribution in [0.2, 0.25) is 0 Å². The lowest BCUT2D eigenvalue weighted by molar-refractivity contribution is 0.0945. The topological polar surface area (TPSA) is 80.3 Å². The smallest absolute Gasteiger partial charge is 0.270 e. The summed E-state index contributed by atoms with van der Waals surface area (Å²) in [5.74, 6) is 0.115. The Kier molecular flexibility index (Phi) is 6.95. The summed E-state index contributed by atoms with van der Waals surface area (Å²) in [4.78, 5) is 28.9. The van der Waals surface area contributed by atoms with E-state index in [1.165, 1.54) is 12.3 Å². The molecule has 1 heterocycles. The minimum atomic E-state index is -0.352. The summed E-state index contributed by atoms with van der Waals surface area (Å²) in [7, 11) is 1.59. The third-order valence-electron chi connectivity index (χ3n) is 4.43. The minimum Gasteiger partial charge on any atom is -0.496 e. The van der Waals surface area contributed by atoms with Gasteiger partial charge < -0.3 is 15.4 Å². The summed E-state index contributed by atoms with van der Waals surface area (Å²) in [6.07, 6.45) is 2.20. The number of hydrogen-bond donors (Lipinski definition) is 2. The standard InChI is InChI=1S/C23H23N3O3/c1-29-21-10-6-5-9-19(21)16-26-23(28)20-15-18(12-14-24-20)22(27)25-13-11-17-7-3-2-4-8-17/h2-10,12,14-15H,11,13,16H2,1H3,(H,25,27)(H,26,28). The fraction of sp³-hybridized carbons (Fsp3) is 0.174. The first-order valence-electron chi connectivity index (χ1n) is 9.35. The molecule has 0 fully saturated rings. The Balaban J connectivity index is 1.56. The maximum Gasteiger partial charge on any atom is 0.270 e. The van der Waals surface area contributed by atoms with E-state index in [1.54, 1.807) is 13.2 Å². The van der Waals surface area contributed by atoms with Crippen molar-refractivity contribution in [3.63, 3.8) is 0 Å². The summed E-state index contributed by atoms with van der Waals surface area (Å²) >= 11 is 0. The van der Waals surface area contributed by atoms with Crippen molar-refractivity contribution in [2.75, 3.05) is 13.7 Å². The first kappa shape index (κ1) is 20.1. The van der Waals surface area contributed by atoms with E-state index in [0.29, 0.717) is 24.4 Å². The lowest BCUT2D eigenvalue weighted by atomic mass is 10.1. The highest BCUT2D eigenvalue weighted by atomic mass is 16.5. The minimum absolute atomic E-state index is 0.190. The van der Waals surface area contributed by atoms with Crippen LogP contribution in [0.4, 0.5) is 0 Å². The summed E-state index contributed by atoms with van der Waals surface area (Å²) in [5.41, 5.74) is 2.60. The summed E-state index contributed by atoms with van der Waals surface area (Å²) in [5, 5.41) is 5.68. The van der Waals surface area contributed by atoms with Gasteiger partial charge in [-0.05, 0) is 30.2 Å². The van der Waals surface area contributed by atoms with Crippen LogP contribution in [0.5, 0.6) is 5.75 Å². The molecule has 0 bridgehead atoms. The highest BCUT2D eigenvalue weighted by Crippen LogP contribution is 2.16. The van der Waals surface area contributed by atoms with Crippen molar-refractivity contribution in [3.05, 3.63) is 95.3 Å². The molecule has 1 aromatic heterocycles. The number of nitrogens with zero attached hydrogens (tertiary/aromatic N) is 1. The quantitative estimate of drug-likeness (QED) is 0.621. The Bertz CT molecular complexity index is 974. The molecule has 0 aliphatic heterocycles.